The minimum absolute atomic E-state index is 0.176. The first-order chi connectivity index (χ1) is 9.09. The summed E-state index contributed by atoms with van der Waals surface area (Å²) in [6.45, 7) is 3.70. The molecule has 0 fully saturated rings. The molecule has 96 valence electrons. The molecular formula is C14H12ClN3O. The Morgan fingerprint density at radius 1 is 1.21 bits per heavy atom. The van der Waals surface area contributed by atoms with Crippen molar-refractivity contribution in [2.24, 2.45) is 0 Å². The van der Waals surface area contributed by atoms with Gasteiger partial charge in [-0.25, -0.2) is 4.52 Å². The molecule has 0 unspecified atom stereocenters. The summed E-state index contributed by atoms with van der Waals surface area (Å²) < 4.78 is 1.68. The van der Waals surface area contributed by atoms with Gasteiger partial charge >= 0.3 is 0 Å². The molecule has 4 nitrogen and oxygen atoms in total. The first-order valence-corrected chi connectivity index (χ1v) is 6.30. The van der Waals surface area contributed by atoms with E-state index in [1.165, 1.54) is 0 Å². The molecule has 19 heavy (non-hydrogen) atoms. The Morgan fingerprint density at radius 2 is 1.89 bits per heavy atom. The lowest BCUT2D eigenvalue weighted by Gasteiger charge is -2.03. The lowest BCUT2D eigenvalue weighted by molar-refractivity contribution is 0.871. The Balaban J connectivity index is 2.45. The van der Waals surface area contributed by atoms with Gasteiger partial charge in [-0.05, 0) is 19.4 Å². The number of aryl methyl sites for hydroxylation is 2. The van der Waals surface area contributed by atoms with Gasteiger partial charge in [-0.15, -0.1) is 0 Å². The van der Waals surface area contributed by atoms with Crippen molar-refractivity contribution in [1.82, 2.24) is 14.6 Å². The molecule has 0 saturated carbocycles. The molecule has 2 heterocycles. The van der Waals surface area contributed by atoms with Crippen molar-refractivity contribution >= 4 is 17.2 Å². The van der Waals surface area contributed by atoms with Crippen LogP contribution >= 0.6 is 11.6 Å². The van der Waals surface area contributed by atoms with E-state index in [-0.39, 0.29) is 10.6 Å². The Labute approximate surface area is 114 Å². The molecule has 5 heteroatoms. The molecule has 3 rings (SSSR count). The zero-order valence-electron chi connectivity index (χ0n) is 10.6. The van der Waals surface area contributed by atoms with Crippen molar-refractivity contribution in [3.8, 4) is 11.1 Å². The third-order valence-corrected chi connectivity index (χ3v) is 3.63. The highest BCUT2D eigenvalue weighted by molar-refractivity contribution is 6.31. The highest BCUT2D eigenvalue weighted by Gasteiger charge is 2.16. The van der Waals surface area contributed by atoms with Crippen molar-refractivity contribution in [2.45, 2.75) is 13.8 Å². The van der Waals surface area contributed by atoms with Gasteiger partial charge in [0, 0.05) is 5.56 Å². The number of halogens is 1. The molecule has 1 aromatic carbocycles. The molecule has 2 aromatic heterocycles. The predicted molar refractivity (Wildman–Crippen MR) is 75.7 cm³/mol. The second-order valence-corrected chi connectivity index (χ2v) is 4.82. The van der Waals surface area contributed by atoms with Crippen molar-refractivity contribution in [3.05, 3.63) is 57.1 Å². The van der Waals surface area contributed by atoms with Crippen molar-refractivity contribution in [1.29, 1.82) is 0 Å². The standard InChI is InChI=1S/C14H12ClN3O/c1-8-11(10-6-4-3-5-7-10)13-16-14(19)12(15)9(2)18(13)17-8/h3-7H,1-2H3,(H,16,19). The number of fused-ring (bicyclic) bond motifs is 1. The summed E-state index contributed by atoms with van der Waals surface area (Å²) >= 11 is 5.96. The van der Waals surface area contributed by atoms with Crippen molar-refractivity contribution < 1.29 is 0 Å². The summed E-state index contributed by atoms with van der Waals surface area (Å²) in [7, 11) is 0. The largest absolute Gasteiger partial charge is 0.305 e. The van der Waals surface area contributed by atoms with Gasteiger partial charge in [-0.2, -0.15) is 5.10 Å². The average Bonchev–Trinajstić information content (AvgIpc) is 2.74. The van der Waals surface area contributed by atoms with Gasteiger partial charge in [-0.3, -0.25) is 4.79 Å². The second kappa shape index (κ2) is 4.24. The number of benzene rings is 1. The zero-order chi connectivity index (χ0) is 13.6. The van der Waals surface area contributed by atoms with Crippen LogP contribution in [-0.2, 0) is 0 Å². The van der Waals surface area contributed by atoms with E-state index in [1.54, 1.807) is 11.4 Å². The van der Waals surface area contributed by atoms with Crippen LogP contribution in [0.3, 0.4) is 0 Å². The molecule has 0 spiro atoms. The van der Waals surface area contributed by atoms with Gasteiger partial charge in [-0.1, -0.05) is 41.9 Å². The molecule has 0 saturated heterocycles. The SMILES string of the molecule is Cc1nn2c(C)c(Cl)c(=O)[nH]c2c1-c1ccccc1. The van der Waals surface area contributed by atoms with E-state index in [0.717, 1.165) is 16.8 Å². The average molecular weight is 274 g/mol. The Hall–Kier alpha value is -2.07. The van der Waals surface area contributed by atoms with Crippen molar-refractivity contribution in [3.63, 3.8) is 0 Å². The second-order valence-electron chi connectivity index (χ2n) is 4.44. The van der Waals surface area contributed by atoms with Crippen LogP contribution in [0.25, 0.3) is 16.8 Å². The number of aromatic nitrogens is 3. The Kier molecular flexibility index (Phi) is 2.68. The van der Waals surface area contributed by atoms with Crippen LogP contribution in [0.15, 0.2) is 35.1 Å². The first-order valence-electron chi connectivity index (χ1n) is 5.92. The van der Waals surface area contributed by atoms with Gasteiger partial charge in [0.15, 0.2) is 0 Å². The summed E-state index contributed by atoms with van der Waals surface area (Å²) in [5.74, 6) is 0. The van der Waals surface area contributed by atoms with E-state index in [9.17, 15) is 4.79 Å². The summed E-state index contributed by atoms with van der Waals surface area (Å²) in [6.07, 6.45) is 0. The van der Waals surface area contributed by atoms with Gasteiger partial charge < -0.3 is 4.98 Å². The van der Waals surface area contributed by atoms with Gasteiger partial charge in [0.1, 0.15) is 10.7 Å². The van der Waals surface area contributed by atoms with E-state index in [4.69, 9.17) is 11.6 Å². The number of hydrogen-bond donors (Lipinski definition) is 1. The first kappa shape index (κ1) is 12.0. The third kappa shape index (κ3) is 1.76. The van der Waals surface area contributed by atoms with Gasteiger partial charge in [0.05, 0.1) is 11.4 Å². The van der Waals surface area contributed by atoms with E-state index >= 15 is 0 Å². The molecule has 0 radical (unpaired) electrons. The molecular weight excluding hydrogens is 262 g/mol. The molecule has 0 bridgehead atoms. The lowest BCUT2D eigenvalue weighted by Crippen LogP contribution is -2.12. The van der Waals surface area contributed by atoms with Crippen LogP contribution in [0.5, 0.6) is 0 Å². The Bertz CT molecular complexity index is 818. The fourth-order valence-corrected chi connectivity index (χ4v) is 2.38. The summed E-state index contributed by atoms with van der Waals surface area (Å²) in [5.41, 5.74) is 3.84. The number of H-pyrrole nitrogens is 1. The molecule has 0 atom stereocenters. The molecule has 3 aromatic rings. The van der Waals surface area contributed by atoms with Crippen LogP contribution in [-0.4, -0.2) is 14.6 Å². The van der Waals surface area contributed by atoms with E-state index in [1.807, 2.05) is 37.3 Å². The highest BCUT2D eigenvalue weighted by Crippen LogP contribution is 2.27. The topological polar surface area (TPSA) is 50.2 Å². The third-order valence-electron chi connectivity index (χ3n) is 3.19. The lowest BCUT2D eigenvalue weighted by atomic mass is 10.1. The van der Waals surface area contributed by atoms with Gasteiger partial charge in [0.25, 0.3) is 5.56 Å². The number of aromatic amines is 1. The minimum atomic E-state index is -0.288. The maximum Gasteiger partial charge on any atom is 0.270 e. The van der Waals surface area contributed by atoms with Crippen LogP contribution in [0, 0.1) is 13.8 Å². The maximum atomic E-state index is 11.8. The summed E-state index contributed by atoms with van der Waals surface area (Å²) in [6, 6.07) is 9.85. The van der Waals surface area contributed by atoms with E-state index in [2.05, 4.69) is 10.1 Å². The maximum absolute atomic E-state index is 11.8. The van der Waals surface area contributed by atoms with Gasteiger partial charge in [0.2, 0.25) is 0 Å². The van der Waals surface area contributed by atoms with Crippen LogP contribution in [0.4, 0.5) is 0 Å². The summed E-state index contributed by atoms with van der Waals surface area (Å²) in [4.78, 5) is 14.6. The van der Waals surface area contributed by atoms with E-state index in [0.29, 0.717) is 11.3 Å². The van der Waals surface area contributed by atoms with Crippen LogP contribution < -0.4 is 5.56 Å². The normalized spacial score (nSPS) is 11.1. The van der Waals surface area contributed by atoms with Crippen molar-refractivity contribution in [2.75, 3.05) is 0 Å². The van der Waals surface area contributed by atoms with Crippen LogP contribution in [0.1, 0.15) is 11.4 Å². The molecule has 0 aliphatic heterocycles. The summed E-state index contributed by atoms with van der Waals surface area (Å²) in [5, 5.41) is 4.63. The molecule has 1 N–H and O–H groups in total. The van der Waals surface area contributed by atoms with Crippen LogP contribution in [0.2, 0.25) is 5.02 Å². The quantitative estimate of drug-likeness (QED) is 0.741. The minimum Gasteiger partial charge on any atom is -0.305 e. The zero-order valence-corrected chi connectivity index (χ0v) is 11.3. The fourth-order valence-electron chi connectivity index (χ4n) is 2.26. The molecule has 0 aliphatic rings. The monoisotopic (exact) mass is 273 g/mol. The fraction of sp³-hybridized carbons (Fsp3) is 0.143. The molecule has 0 amide bonds. The number of nitrogens with one attached hydrogen (secondary N) is 1. The van der Waals surface area contributed by atoms with E-state index < -0.39 is 0 Å². The molecule has 0 aliphatic carbocycles. The smallest absolute Gasteiger partial charge is 0.270 e. The number of hydrogen-bond acceptors (Lipinski definition) is 2. The Morgan fingerprint density at radius 3 is 2.58 bits per heavy atom. The predicted octanol–water partition coefficient (Wildman–Crippen LogP) is 2.96. The highest BCUT2D eigenvalue weighted by atomic mass is 35.5. The number of nitrogens with zero attached hydrogens (tertiary/aromatic N) is 2. The number of rotatable bonds is 1.